The normalized spacial score (nSPS) is 10.7. The number of alkyl halides is 1. The van der Waals surface area contributed by atoms with E-state index in [-0.39, 0.29) is 0 Å². The van der Waals surface area contributed by atoms with E-state index in [1.54, 1.807) is 0 Å². The van der Waals surface area contributed by atoms with E-state index in [1.807, 2.05) is 31.5 Å². The molecule has 1 heterocycles. The van der Waals surface area contributed by atoms with Gasteiger partial charge in [0.05, 0.1) is 0 Å². The Kier molecular flexibility index (Phi) is 3.12. The highest BCUT2D eigenvalue weighted by atomic mass is 35.5. The number of hydrogen-bond acceptors (Lipinski definition) is 1. The Hall–Kier alpha value is -0.820. The van der Waals surface area contributed by atoms with E-state index < -0.39 is 0 Å². The molecule has 0 aliphatic rings. The molecule has 0 bridgehead atoms. The summed E-state index contributed by atoms with van der Waals surface area (Å²) in [6.45, 7) is 2.02. The van der Waals surface area contributed by atoms with Gasteiger partial charge in [0, 0.05) is 18.3 Å². The van der Waals surface area contributed by atoms with E-state index in [2.05, 4.69) is 11.1 Å². The van der Waals surface area contributed by atoms with E-state index in [9.17, 15) is 0 Å². The second-order valence-corrected chi connectivity index (χ2v) is 2.66. The number of aromatic nitrogens is 1. The Balaban J connectivity index is 2.79. The van der Waals surface area contributed by atoms with Gasteiger partial charge in [-0.2, -0.15) is 0 Å². The Morgan fingerprint density at radius 1 is 1.55 bits per heavy atom. The molecule has 2 heteroatoms. The molecule has 1 nitrogen and oxygen atoms in total. The molecule has 58 valence electrons. The SMILES string of the molecule is Cc1cncc(C=CCCl)c1. The van der Waals surface area contributed by atoms with Crippen LogP contribution >= 0.6 is 11.6 Å². The van der Waals surface area contributed by atoms with Crippen LogP contribution in [0.25, 0.3) is 6.08 Å². The van der Waals surface area contributed by atoms with Gasteiger partial charge in [0.15, 0.2) is 0 Å². The monoisotopic (exact) mass is 167 g/mol. The zero-order valence-electron chi connectivity index (χ0n) is 6.42. The zero-order valence-corrected chi connectivity index (χ0v) is 7.17. The third-order valence-electron chi connectivity index (χ3n) is 1.30. The minimum absolute atomic E-state index is 0.550. The summed E-state index contributed by atoms with van der Waals surface area (Å²) in [7, 11) is 0. The fourth-order valence-corrected chi connectivity index (χ4v) is 0.939. The quantitative estimate of drug-likeness (QED) is 0.618. The standard InChI is InChI=1S/C9H10ClN/c1-8-5-9(3-2-4-10)7-11-6-8/h2-3,5-7H,4H2,1H3. The van der Waals surface area contributed by atoms with E-state index >= 15 is 0 Å². The minimum Gasteiger partial charge on any atom is -0.264 e. The van der Waals surface area contributed by atoms with Crippen LogP contribution in [0.4, 0.5) is 0 Å². The molecule has 1 aromatic rings. The van der Waals surface area contributed by atoms with Gasteiger partial charge in [0.1, 0.15) is 0 Å². The highest BCUT2D eigenvalue weighted by Crippen LogP contribution is 2.02. The molecule has 0 radical (unpaired) electrons. The lowest BCUT2D eigenvalue weighted by molar-refractivity contribution is 1.26. The van der Waals surface area contributed by atoms with E-state index in [4.69, 9.17) is 11.6 Å². The Bertz CT molecular complexity index is 255. The first-order valence-corrected chi connectivity index (χ1v) is 4.00. The van der Waals surface area contributed by atoms with Crippen molar-refractivity contribution in [1.82, 2.24) is 4.98 Å². The zero-order chi connectivity index (χ0) is 8.10. The molecular formula is C9H10ClN. The van der Waals surface area contributed by atoms with Gasteiger partial charge in [-0.25, -0.2) is 0 Å². The Morgan fingerprint density at radius 3 is 3.00 bits per heavy atom. The van der Waals surface area contributed by atoms with Gasteiger partial charge >= 0.3 is 0 Å². The number of allylic oxidation sites excluding steroid dienone is 1. The van der Waals surface area contributed by atoms with Crippen LogP contribution in [0.3, 0.4) is 0 Å². The molecule has 0 fully saturated rings. The van der Waals surface area contributed by atoms with Gasteiger partial charge in [-0.1, -0.05) is 12.2 Å². The molecule has 0 aromatic carbocycles. The van der Waals surface area contributed by atoms with Gasteiger partial charge in [-0.05, 0) is 24.1 Å². The summed E-state index contributed by atoms with van der Waals surface area (Å²) in [5.74, 6) is 0.550. The van der Waals surface area contributed by atoms with Gasteiger partial charge in [-0.3, -0.25) is 4.98 Å². The number of rotatable bonds is 2. The maximum atomic E-state index is 5.48. The molecule has 0 saturated carbocycles. The van der Waals surface area contributed by atoms with Gasteiger partial charge in [0.2, 0.25) is 0 Å². The molecule has 0 unspecified atom stereocenters. The third kappa shape index (κ3) is 2.72. The summed E-state index contributed by atoms with van der Waals surface area (Å²) in [4.78, 5) is 4.04. The van der Waals surface area contributed by atoms with Crippen molar-refractivity contribution in [2.45, 2.75) is 6.92 Å². The fraction of sp³-hybridized carbons (Fsp3) is 0.222. The third-order valence-corrected chi connectivity index (χ3v) is 1.47. The van der Waals surface area contributed by atoms with E-state index in [1.165, 1.54) is 5.56 Å². The summed E-state index contributed by atoms with van der Waals surface area (Å²) >= 11 is 5.48. The van der Waals surface area contributed by atoms with Crippen LogP contribution in [0, 0.1) is 6.92 Å². The van der Waals surface area contributed by atoms with Crippen molar-refractivity contribution >= 4 is 17.7 Å². The lowest BCUT2D eigenvalue weighted by Crippen LogP contribution is -1.78. The molecule has 0 atom stereocenters. The second-order valence-electron chi connectivity index (χ2n) is 2.35. The van der Waals surface area contributed by atoms with Crippen molar-refractivity contribution in [3.63, 3.8) is 0 Å². The number of nitrogens with zero attached hydrogens (tertiary/aromatic N) is 1. The van der Waals surface area contributed by atoms with Crippen molar-refractivity contribution in [1.29, 1.82) is 0 Å². The van der Waals surface area contributed by atoms with Crippen LogP contribution in [0.1, 0.15) is 11.1 Å². The molecule has 0 N–H and O–H groups in total. The number of hydrogen-bond donors (Lipinski definition) is 0. The second kappa shape index (κ2) is 4.14. The van der Waals surface area contributed by atoms with Gasteiger partial charge < -0.3 is 0 Å². The summed E-state index contributed by atoms with van der Waals surface area (Å²) in [6.07, 6.45) is 7.51. The van der Waals surface area contributed by atoms with Crippen LogP contribution in [0.2, 0.25) is 0 Å². The van der Waals surface area contributed by atoms with E-state index in [0.717, 1.165) is 5.56 Å². The van der Waals surface area contributed by atoms with Crippen molar-refractivity contribution < 1.29 is 0 Å². The first-order chi connectivity index (χ1) is 5.33. The molecule has 0 saturated heterocycles. The first kappa shape index (κ1) is 8.28. The van der Waals surface area contributed by atoms with Crippen molar-refractivity contribution in [3.05, 3.63) is 35.7 Å². The van der Waals surface area contributed by atoms with Crippen LogP contribution in [-0.4, -0.2) is 10.9 Å². The van der Waals surface area contributed by atoms with Crippen molar-refractivity contribution in [2.75, 3.05) is 5.88 Å². The van der Waals surface area contributed by atoms with Crippen LogP contribution in [-0.2, 0) is 0 Å². The minimum atomic E-state index is 0.550. The molecule has 0 aliphatic carbocycles. The molecule has 0 aliphatic heterocycles. The summed E-state index contributed by atoms with van der Waals surface area (Å²) in [5, 5.41) is 0. The average molecular weight is 168 g/mol. The van der Waals surface area contributed by atoms with Crippen LogP contribution in [0.5, 0.6) is 0 Å². The highest BCUT2D eigenvalue weighted by Gasteiger charge is 1.86. The predicted molar refractivity (Wildman–Crippen MR) is 48.7 cm³/mol. The lowest BCUT2D eigenvalue weighted by atomic mass is 10.2. The first-order valence-electron chi connectivity index (χ1n) is 3.47. The number of aryl methyl sites for hydroxylation is 1. The Labute approximate surface area is 71.7 Å². The number of halogens is 1. The predicted octanol–water partition coefficient (Wildman–Crippen LogP) is 2.64. The molecular weight excluding hydrogens is 158 g/mol. The maximum absolute atomic E-state index is 5.48. The van der Waals surface area contributed by atoms with Crippen LogP contribution < -0.4 is 0 Å². The maximum Gasteiger partial charge on any atom is 0.0407 e. The van der Waals surface area contributed by atoms with Crippen molar-refractivity contribution in [2.24, 2.45) is 0 Å². The fourth-order valence-electron chi connectivity index (χ4n) is 0.850. The highest BCUT2D eigenvalue weighted by molar-refractivity contribution is 6.19. The topological polar surface area (TPSA) is 12.9 Å². The molecule has 0 spiro atoms. The molecule has 1 rings (SSSR count). The van der Waals surface area contributed by atoms with Gasteiger partial charge in [-0.15, -0.1) is 11.6 Å². The lowest BCUT2D eigenvalue weighted by Gasteiger charge is -1.92. The smallest absolute Gasteiger partial charge is 0.0407 e. The summed E-state index contributed by atoms with van der Waals surface area (Å²) in [6, 6.07) is 2.07. The molecule has 0 amide bonds. The number of pyridine rings is 1. The van der Waals surface area contributed by atoms with Crippen LogP contribution in [0.15, 0.2) is 24.5 Å². The summed E-state index contributed by atoms with van der Waals surface area (Å²) in [5.41, 5.74) is 2.27. The molecule has 1 aromatic heterocycles. The Morgan fingerprint density at radius 2 is 2.36 bits per heavy atom. The average Bonchev–Trinajstić information content (AvgIpc) is 2.01. The molecule has 11 heavy (non-hydrogen) atoms. The summed E-state index contributed by atoms with van der Waals surface area (Å²) < 4.78 is 0. The largest absolute Gasteiger partial charge is 0.264 e. The van der Waals surface area contributed by atoms with Crippen molar-refractivity contribution in [3.8, 4) is 0 Å². The van der Waals surface area contributed by atoms with Gasteiger partial charge in [0.25, 0.3) is 0 Å². The van der Waals surface area contributed by atoms with E-state index in [0.29, 0.717) is 5.88 Å².